The molecule has 25 heavy (non-hydrogen) atoms. The van der Waals surface area contributed by atoms with Crippen LogP contribution < -0.4 is 0 Å². The molecule has 3 N–H and O–H groups in total. The van der Waals surface area contributed by atoms with Crippen molar-refractivity contribution in [3.63, 3.8) is 0 Å². The van der Waals surface area contributed by atoms with Crippen LogP contribution in [-0.4, -0.2) is 20.2 Å². The zero-order chi connectivity index (χ0) is 17.5. The number of nitrogens with zero attached hydrogens (tertiary/aromatic N) is 1. The van der Waals surface area contributed by atoms with E-state index in [-0.39, 0.29) is 13.2 Å². The van der Waals surface area contributed by atoms with Gasteiger partial charge in [-0.3, -0.25) is 4.98 Å². The molecule has 0 atom stereocenters. The molecule has 4 aromatic rings. The smallest absolute Gasteiger partial charge is 0.0701 e. The summed E-state index contributed by atoms with van der Waals surface area (Å²) >= 11 is 0. The Morgan fingerprint density at radius 3 is 2.24 bits per heavy atom. The Balaban J connectivity index is 0.000000150. The number of hydrogen-bond acceptors (Lipinski definition) is 3. The standard InChI is InChI=1S/C12H11NO.C9H9NO/c14-9-10-4-6-11(7-5-10)12-3-1-2-8-13-12;11-6-7-1-2-9-8(5-7)3-4-10-9/h1-8,14H,9H2;1-5,10-11H,6H2. The lowest BCUT2D eigenvalue weighted by molar-refractivity contribution is 0.281. The number of aliphatic hydroxyl groups excluding tert-OH is 2. The first kappa shape index (κ1) is 16.9. The number of hydrogen-bond donors (Lipinski definition) is 3. The van der Waals surface area contributed by atoms with E-state index in [0.717, 1.165) is 33.3 Å². The van der Waals surface area contributed by atoms with Crippen LogP contribution in [-0.2, 0) is 13.2 Å². The molecule has 0 aliphatic heterocycles. The molecule has 0 saturated carbocycles. The molecular formula is C21H20N2O2. The normalized spacial score (nSPS) is 10.3. The largest absolute Gasteiger partial charge is 0.392 e. The lowest BCUT2D eigenvalue weighted by atomic mass is 10.1. The summed E-state index contributed by atoms with van der Waals surface area (Å²) in [4.78, 5) is 7.33. The third kappa shape index (κ3) is 4.32. The minimum Gasteiger partial charge on any atom is -0.392 e. The van der Waals surface area contributed by atoms with Crippen molar-refractivity contribution in [3.05, 3.63) is 90.3 Å². The van der Waals surface area contributed by atoms with Crippen LogP contribution in [0.4, 0.5) is 0 Å². The molecule has 4 nitrogen and oxygen atoms in total. The van der Waals surface area contributed by atoms with E-state index < -0.39 is 0 Å². The van der Waals surface area contributed by atoms with Crippen molar-refractivity contribution in [3.8, 4) is 11.3 Å². The summed E-state index contributed by atoms with van der Waals surface area (Å²) in [5.74, 6) is 0. The average molecular weight is 332 g/mol. The first-order chi connectivity index (χ1) is 12.3. The SMILES string of the molecule is OCc1ccc(-c2ccccn2)cc1.OCc1ccc2[nH]ccc2c1. The molecule has 0 aliphatic carbocycles. The Bertz CT molecular complexity index is 915. The van der Waals surface area contributed by atoms with Crippen LogP contribution in [0.5, 0.6) is 0 Å². The van der Waals surface area contributed by atoms with E-state index in [9.17, 15) is 0 Å². The number of pyridine rings is 1. The topological polar surface area (TPSA) is 69.1 Å². The zero-order valence-corrected chi connectivity index (χ0v) is 13.8. The first-order valence-corrected chi connectivity index (χ1v) is 8.08. The number of aromatic amines is 1. The number of aliphatic hydroxyl groups is 2. The summed E-state index contributed by atoms with van der Waals surface area (Å²) in [6.45, 7) is 0.198. The molecule has 0 radical (unpaired) electrons. The third-order valence-corrected chi connectivity index (χ3v) is 3.90. The fourth-order valence-electron chi connectivity index (χ4n) is 2.52. The van der Waals surface area contributed by atoms with Crippen molar-refractivity contribution in [2.45, 2.75) is 13.2 Å². The van der Waals surface area contributed by atoms with Crippen LogP contribution >= 0.6 is 0 Å². The van der Waals surface area contributed by atoms with Gasteiger partial charge in [0.25, 0.3) is 0 Å². The van der Waals surface area contributed by atoms with Gasteiger partial charge in [0.2, 0.25) is 0 Å². The van der Waals surface area contributed by atoms with Crippen molar-refractivity contribution in [2.24, 2.45) is 0 Å². The Morgan fingerprint density at radius 1 is 0.800 bits per heavy atom. The summed E-state index contributed by atoms with van der Waals surface area (Å²) in [5.41, 5.74) is 5.02. The van der Waals surface area contributed by atoms with Crippen LogP contribution in [0.2, 0.25) is 0 Å². The van der Waals surface area contributed by atoms with E-state index in [1.165, 1.54) is 0 Å². The molecule has 0 amide bonds. The third-order valence-electron chi connectivity index (χ3n) is 3.90. The van der Waals surface area contributed by atoms with Gasteiger partial charge in [-0.15, -0.1) is 0 Å². The van der Waals surface area contributed by atoms with Gasteiger partial charge in [0, 0.05) is 23.5 Å². The highest BCUT2D eigenvalue weighted by Crippen LogP contribution is 2.16. The molecule has 0 unspecified atom stereocenters. The molecular weight excluding hydrogens is 312 g/mol. The van der Waals surface area contributed by atoms with Gasteiger partial charge in [-0.2, -0.15) is 0 Å². The predicted molar refractivity (Wildman–Crippen MR) is 99.8 cm³/mol. The number of fused-ring (bicyclic) bond motifs is 1. The van der Waals surface area contributed by atoms with Crippen molar-refractivity contribution in [1.82, 2.24) is 9.97 Å². The Labute approximate surface area is 146 Å². The number of rotatable bonds is 3. The molecule has 2 heterocycles. The van der Waals surface area contributed by atoms with Gasteiger partial charge in [-0.05, 0) is 46.8 Å². The first-order valence-electron chi connectivity index (χ1n) is 8.08. The number of benzene rings is 2. The fourth-order valence-corrected chi connectivity index (χ4v) is 2.52. The predicted octanol–water partition coefficient (Wildman–Crippen LogP) is 3.90. The maximum absolute atomic E-state index is 8.88. The van der Waals surface area contributed by atoms with Gasteiger partial charge in [-0.1, -0.05) is 36.4 Å². The summed E-state index contributed by atoms with van der Waals surface area (Å²) in [6, 6.07) is 21.4. The maximum Gasteiger partial charge on any atom is 0.0701 e. The van der Waals surface area contributed by atoms with Crippen LogP contribution in [0.3, 0.4) is 0 Å². The molecule has 0 fully saturated rings. The Morgan fingerprint density at radius 2 is 1.56 bits per heavy atom. The van der Waals surface area contributed by atoms with E-state index in [0.29, 0.717) is 0 Å². The fraction of sp³-hybridized carbons (Fsp3) is 0.0952. The van der Waals surface area contributed by atoms with Crippen molar-refractivity contribution in [2.75, 3.05) is 0 Å². The van der Waals surface area contributed by atoms with Gasteiger partial charge in [-0.25, -0.2) is 0 Å². The van der Waals surface area contributed by atoms with Crippen LogP contribution in [0, 0.1) is 0 Å². The lowest BCUT2D eigenvalue weighted by Crippen LogP contribution is -1.84. The summed E-state index contributed by atoms with van der Waals surface area (Å²) in [6.07, 6.45) is 3.67. The second-order valence-electron chi connectivity index (χ2n) is 5.63. The highest BCUT2D eigenvalue weighted by molar-refractivity contribution is 5.79. The molecule has 2 aromatic heterocycles. The second kappa shape index (κ2) is 8.24. The van der Waals surface area contributed by atoms with E-state index in [1.54, 1.807) is 6.20 Å². The lowest BCUT2D eigenvalue weighted by Gasteiger charge is -2.00. The zero-order valence-electron chi connectivity index (χ0n) is 13.8. The summed E-state index contributed by atoms with van der Waals surface area (Å²) < 4.78 is 0. The second-order valence-corrected chi connectivity index (χ2v) is 5.63. The van der Waals surface area contributed by atoms with Crippen molar-refractivity contribution in [1.29, 1.82) is 0 Å². The van der Waals surface area contributed by atoms with Crippen molar-refractivity contribution < 1.29 is 10.2 Å². The van der Waals surface area contributed by atoms with E-state index >= 15 is 0 Å². The molecule has 126 valence electrons. The molecule has 0 saturated heterocycles. The maximum atomic E-state index is 8.88. The summed E-state index contributed by atoms with van der Waals surface area (Å²) in [5, 5.41) is 18.9. The highest BCUT2D eigenvalue weighted by Gasteiger charge is 1.97. The quantitative estimate of drug-likeness (QED) is 0.533. The van der Waals surface area contributed by atoms with E-state index in [2.05, 4.69) is 9.97 Å². The molecule has 0 spiro atoms. The minimum absolute atomic E-state index is 0.0858. The van der Waals surface area contributed by atoms with E-state index in [4.69, 9.17) is 10.2 Å². The average Bonchev–Trinajstić information content (AvgIpc) is 3.17. The summed E-state index contributed by atoms with van der Waals surface area (Å²) in [7, 11) is 0. The number of nitrogens with one attached hydrogen (secondary N) is 1. The monoisotopic (exact) mass is 332 g/mol. The van der Waals surface area contributed by atoms with Crippen LogP contribution in [0.15, 0.2) is 79.1 Å². The van der Waals surface area contributed by atoms with Gasteiger partial charge in [0.1, 0.15) is 0 Å². The Kier molecular flexibility index (Phi) is 5.57. The van der Waals surface area contributed by atoms with Crippen LogP contribution in [0.1, 0.15) is 11.1 Å². The molecule has 4 heteroatoms. The van der Waals surface area contributed by atoms with Gasteiger partial charge < -0.3 is 15.2 Å². The van der Waals surface area contributed by atoms with Gasteiger partial charge >= 0.3 is 0 Å². The number of aromatic nitrogens is 2. The highest BCUT2D eigenvalue weighted by atomic mass is 16.3. The number of H-pyrrole nitrogens is 1. The van der Waals surface area contributed by atoms with Crippen LogP contribution in [0.25, 0.3) is 22.2 Å². The molecule has 0 bridgehead atoms. The van der Waals surface area contributed by atoms with Gasteiger partial charge in [0.15, 0.2) is 0 Å². The molecule has 2 aromatic carbocycles. The minimum atomic E-state index is 0.0858. The van der Waals surface area contributed by atoms with Gasteiger partial charge in [0.05, 0.1) is 18.9 Å². The molecule has 0 aliphatic rings. The molecule has 4 rings (SSSR count). The Hall–Kier alpha value is -2.95. The van der Waals surface area contributed by atoms with E-state index in [1.807, 2.05) is 72.9 Å². The van der Waals surface area contributed by atoms with Crippen molar-refractivity contribution >= 4 is 10.9 Å².